The third kappa shape index (κ3) is 4.47. The smallest absolute Gasteiger partial charge is 0.234 e. The van der Waals surface area contributed by atoms with Crippen LogP contribution in [0.4, 0.5) is 11.5 Å². The molecule has 1 amide bonds. The SMILES string of the molecule is Cc1cc(C)cc(NC(=O)CSc2cc(N3CCCC3)ncn2)c1. The fourth-order valence-electron chi connectivity index (χ4n) is 2.91. The zero-order chi connectivity index (χ0) is 16.9. The van der Waals surface area contributed by atoms with Crippen LogP contribution in [-0.2, 0) is 4.79 Å². The average Bonchev–Trinajstić information content (AvgIpc) is 3.07. The van der Waals surface area contributed by atoms with Gasteiger partial charge in [-0.3, -0.25) is 4.79 Å². The summed E-state index contributed by atoms with van der Waals surface area (Å²) >= 11 is 1.44. The summed E-state index contributed by atoms with van der Waals surface area (Å²) < 4.78 is 0. The van der Waals surface area contributed by atoms with Crippen LogP contribution in [0, 0.1) is 13.8 Å². The van der Waals surface area contributed by atoms with Crippen LogP contribution in [-0.4, -0.2) is 34.7 Å². The average molecular weight is 342 g/mol. The third-order valence-electron chi connectivity index (χ3n) is 3.91. The molecule has 0 atom stereocenters. The normalized spacial score (nSPS) is 14.0. The van der Waals surface area contributed by atoms with Gasteiger partial charge in [0.15, 0.2) is 0 Å². The fraction of sp³-hybridized carbons (Fsp3) is 0.389. The van der Waals surface area contributed by atoms with E-state index in [1.807, 2.05) is 32.0 Å². The van der Waals surface area contributed by atoms with Crippen LogP contribution in [0.5, 0.6) is 0 Å². The first-order chi connectivity index (χ1) is 11.6. The van der Waals surface area contributed by atoms with Gasteiger partial charge in [0.25, 0.3) is 0 Å². The highest BCUT2D eigenvalue weighted by atomic mass is 32.2. The zero-order valence-electron chi connectivity index (χ0n) is 14.1. The van der Waals surface area contributed by atoms with Crippen molar-refractivity contribution in [3.8, 4) is 0 Å². The molecule has 24 heavy (non-hydrogen) atoms. The molecule has 3 rings (SSSR count). The van der Waals surface area contributed by atoms with E-state index in [-0.39, 0.29) is 5.91 Å². The summed E-state index contributed by atoms with van der Waals surface area (Å²) in [6.07, 6.45) is 4.01. The summed E-state index contributed by atoms with van der Waals surface area (Å²) in [7, 11) is 0. The molecule has 1 aliphatic rings. The van der Waals surface area contributed by atoms with Crippen LogP contribution in [0.3, 0.4) is 0 Å². The fourth-order valence-corrected chi connectivity index (χ4v) is 3.57. The van der Waals surface area contributed by atoms with E-state index < -0.39 is 0 Å². The minimum absolute atomic E-state index is 0.0219. The Hall–Kier alpha value is -2.08. The van der Waals surface area contributed by atoms with Crippen molar-refractivity contribution in [2.45, 2.75) is 31.7 Å². The molecular formula is C18H22N4OS. The Morgan fingerprint density at radius 1 is 1.12 bits per heavy atom. The number of nitrogens with one attached hydrogen (secondary N) is 1. The van der Waals surface area contributed by atoms with Crippen LogP contribution >= 0.6 is 11.8 Å². The summed E-state index contributed by atoms with van der Waals surface area (Å²) in [5.41, 5.74) is 3.13. The Bertz CT molecular complexity index is 708. The maximum absolute atomic E-state index is 12.2. The molecule has 6 heteroatoms. The van der Waals surface area contributed by atoms with E-state index >= 15 is 0 Å². The second kappa shape index (κ2) is 7.66. The molecule has 5 nitrogen and oxygen atoms in total. The molecule has 0 saturated carbocycles. The van der Waals surface area contributed by atoms with Gasteiger partial charge in [-0.2, -0.15) is 0 Å². The van der Waals surface area contributed by atoms with E-state index in [9.17, 15) is 4.79 Å². The van der Waals surface area contributed by atoms with Gasteiger partial charge in [0.05, 0.1) is 5.75 Å². The molecule has 1 saturated heterocycles. The summed E-state index contributed by atoms with van der Waals surface area (Å²) in [6, 6.07) is 8.02. The lowest BCUT2D eigenvalue weighted by Crippen LogP contribution is -2.19. The molecule has 1 aliphatic heterocycles. The summed E-state index contributed by atoms with van der Waals surface area (Å²) in [6.45, 7) is 6.15. The van der Waals surface area contributed by atoms with Gasteiger partial charge in [-0.25, -0.2) is 9.97 Å². The Labute approximate surface area is 146 Å². The number of hydrogen-bond acceptors (Lipinski definition) is 5. The molecule has 2 heterocycles. The first kappa shape index (κ1) is 16.8. The van der Waals surface area contributed by atoms with Crippen LogP contribution in [0.25, 0.3) is 0 Å². The number of hydrogen-bond donors (Lipinski definition) is 1. The highest BCUT2D eigenvalue weighted by Crippen LogP contribution is 2.23. The van der Waals surface area contributed by atoms with E-state index in [1.165, 1.54) is 24.6 Å². The molecule has 0 spiro atoms. The number of benzene rings is 1. The van der Waals surface area contributed by atoms with Gasteiger partial charge < -0.3 is 10.2 Å². The van der Waals surface area contributed by atoms with Crippen molar-refractivity contribution in [3.63, 3.8) is 0 Å². The molecule has 126 valence electrons. The van der Waals surface area contributed by atoms with Crippen LogP contribution < -0.4 is 10.2 Å². The molecule has 2 aromatic rings. The second-order valence-electron chi connectivity index (χ2n) is 6.12. The van der Waals surface area contributed by atoms with E-state index in [2.05, 4.69) is 26.3 Å². The number of anilines is 2. The monoisotopic (exact) mass is 342 g/mol. The number of aromatic nitrogens is 2. The van der Waals surface area contributed by atoms with Gasteiger partial charge in [0, 0.05) is 24.8 Å². The quantitative estimate of drug-likeness (QED) is 0.666. The lowest BCUT2D eigenvalue weighted by Gasteiger charge is -2.16. The molecule has 1 fully saturated rings. The number of carbonyl (C=O) groups is 1. The maximum Gasteiger partial charge on any atom is 0.234 e. The van der Waals surface area contributed by atoms with Crippen molar-refractivity contribution in [2.24, 2.45) is 0 Å². The number of thioether (sulfide) groups is 1. The Morgan fingerprint density at radius 3 is 2.54 bits per heavy atom. The highest BCUT2D eigenvalue weighted by Gasteiger charge is 2.14. The van der Waals surface area contributed by atoms with Crippen molar-refractivity contribution < 1.29 is 4.79 Å². The topological polar surface area (TPSA) is 58.1 Å². The summed E-state index contributed by atoms with van der Waals surface area (Å²) in [5, 5.41) is 3.79. The lowest BCUT2D eigenvalue weighted by molar-refractivity contribution is -0.113. The zero-order valence-corrected chi connectivity index (χ0v) is 14.9. The van der Waals surface area contributed by atoms with Gasteiger partial charge in [-0.15, -0.1) is 0 Å². The third-order valence-corrected chi connectivity index (χ3v) is 4.84. The molecular weight excluding hydrogens is 320 g/mol. The van der Waals surface area contributed by atoms with Crippen LogP contribution in [0.2, 0.25) is 0 Å². The Kier molecular flexibility index (Phi) is 5.35. The molecule has 0 aliphatic carbocycles. The predicted octanol–water partition coefficient (Wildman–Crippen LogP) is 3.42. The van der Waals surface area contributed by atoms with Gasteiger partial charge in [0.1, 0.15) is 17.2 Å². The van der Waals surface area contributed by atoms with Gasteiger partial charge in [-0.1, -0.05) is 17.8 Å². The van der Waals surface area contributed by atoms with Crippen molar-refractivity contribution in [1.82, 2.24) is 9.97 Å². The van der Waals surface area contributed by atoms with Gasteiger partial charge in [-0.05, 0) is 49.9 Å². The molecule has 1 aromatic carbocycles. The largest absolute Gasteiger partial charge is 0.356 e. The number of aryl methyl sites for hydroxylation is 2. The minimum atomic E-state index is -0.0219. The maximum atomic E-state index is 12.2. The number of rotatable bonds is 5. The minimum Gasteiger partial charge on any atom is -0.356 e. The van der Waals surface area contributed by atoms with Crippen LogP contribution in [0.15, 0.2) is 35.6 Å². The molecule has 1 N–H and O–H groups in total. The molecule has 1 aromatic heterocycles. The highest BCUT2D eigenvalue weighted by molar-refractivity contribution is 7.99. The van der Waals surface area contributed by atoms with E-state index in [1.54, 1.807) is 6.33 Å². The molecule has 0 unspecified atom stereocenters. The van der Waals surface area contributed by atoms with E-state index in [0.29, 0.717) is 5.75 Å². The summed E-state index contributed by atoms with van der Waals surface area (Å²) in [5.74, 6) is 1.27. The van der Waals surface area contributed by atoms with Crippen molar-refractivity contribution in [1.29, 1.82) is 0 Å². The number of carbonyl (C=O) groups excluding carboxylic acids is 1. The molecule has 0 bridgehead atoms. The van der Waals surface area contributed by atoms with Crippen molar-refractivity contribution >= 4 is 29.2 Å². The predicted molar refractivity (Wildman–Crippen MR) is 98.7 cm³/mol. The number of amides is 1. The van der Waals surface area contributed by atoms with Crippen molar-refractivity contribution in [3.05, 3.63) is 41.7 Å². The second-order valence-corrected chi connectivity index (χ2v) is 7.12. The van der Waals surface area contributed by atoms with Gasteiger partial charge in [0.2, 0.25) is 5.91 Å². The summed E-state index contributed by atoms with van der Waals surface area (Å²) in [4.78, 5) is 23.0. The lowest BCUT2D eigenvalue weighted by atomic mass is 10.1. The van der Waals surface area contributed by atoms with Crippen molar-refractivity contribution in [2.75, 3.05) is 29.1 Å². The number of nitrogens with zero attached hydrogens (tertiary/aromatic N) is 3. The Balaban J connectivity index is 1.57. The standard InChI is InChI=1S/C18H22N4OS/c1-13-7-14(2)9-15(8-13)21-17(23)11-24-18-10-16(19-12-20-18)22-5-3-4-6-22/h7-10,12H,3-6,11H2,1-2H3,(H,21,23). The first-order valence-corrected chi connectivity index (χ1v) is 9.17. The van der Waals surface area contributed by atoms with E-state index in [0.717, 1.165) is 40.7 Å². The Morgan fingerprint density at radius 2 is 1.83 bits per heavy atom. The van der Waals surface area contributed by atoms with Crippen LogP contribution in [0.1, 0.15) is 24.0 Å². The van der Waals surface area contributed by atoms with E-state index in [4.69, 9.17) is 0 Å². The molecule has 0 radical (unpaired) electrons. The first-order valence-electron chi connectivity index (χ1n) is 8.18. The van der Waals surface area contributed by atoms with Gasteiger partial charge >= 0.3 is 0 Å².